The highest BCUT2D eigenvalue weighted by Gasteiger charge is 2.40. The van der Waals surface area contributed by atoms with Crippen molar-refractivity contribution in [2.24, 2.45) is 5.41 Å². The van der Waals surface area contributed by atoms with Crippen LogP contribution in [0.5, 0.6) is 0 Å². The van der Waals surface area contributed by atoms with Gasteiger partial charge in [-0.15, -0.1) is 0 Å². The number of carbonyl (C=O) groups is 1. The molecule has 1 heterocycles. The fraction of sp³-hybridized carbons (Fsp3) is 0.556. The number of halogens is 1. The Kier molecular flexibility index (Phi) is 1.84. The van der Waals surface area contributed by atoms with Gasteiger partial charge in [0, 0.05) is 5.69 Å². The van der Waals surface area contributed by atoms with Crippen molar-refractivity contribution in [2.75, 3.05) is 0 Å². The van der Waals surface area contributed by atoms with E-state index >= 15 is 0 Å². The minimum Gasteiger partial charge on any atom is -0.293 e. The van der Waals surface area contributed by atoms with Crippen LogP contribution >= 0.6 is 15.9 Å². The first-order chi connectivity index (χ1) is 6.02. The van der Waals surface area contributed by atoms with E-state index in [1.54, 1.807) is 6.20 Å². The lowest BCUT2D eigenvalue weighted by atomic mass is 9.76. The molecule has 1 unspecified atom stereocenters. The first kappa shape index (κ1) is 8.94. The Labute approximate surface area is 85.0 Å². The van der Waals surface area contributed by atoms with Crippen molar-refractivity contribution >= 4 is 21.7 Å². The van der Waals surface area contributed by atoms with E-state index in [0.29, 0.717) is 0 Å². The molecule has 4 heteroatoms. The number of nitrogens with one attached hydrogen (secondary N) is 1. The van der Waals surface area contributed by atoms with Crippen LogP contribution in [0.1, 0.15) is 29.9 Å². The first-order valence-corrected chi connectivity index (χ1v) is 5.14. The number of ketones is 1. The minimum atomic E-state index is -0.0925. The molecular weight excluding hydrogens is 232 g/mol. The van der Waals surface area contributed by atoms with Gasteiger partial charge in [-0.2, -0.15) is 5.10 Å². The third-order valence-corrected chi connectivity index (χ3v) is 4.19. The van der Waals surface area contributed by atoms with E-state index in [-0.39, 0.29) is 16.0 Å². The number of fused-ring (bicyclic) bond motifs is 1. The van der Waals surface area contributed by atoms with Gasteiger partial charge in [0.15, 0.2) is 5.78 Å². The maximum absolute atomic E-state index is 11.8. The number of carbonyl (C=O) groups excluding carboxylic acids is 1. The van der Waals surface area contributed by atoms with Gasteiger partial charge in [0.05, 0.1) is 16.6 Å². The van der Waals surface area contributed by atoms with E-state index in [9.17, 15) is 4.79 Å². The molecule has 0 fully saturated rings. The third-order valence-electron chi connectivity index (χ3n) is 2.53. The van der Waals surface area contributed by atoms with Gasteiger partial charge in [0.2, 0.25) is 0 Å². The Hall–Kier alpha value is -0.640. The summed E-state index contributed by atoms with van der Waals surface area (Å²) < 4.78 is 0. The van der Waals surface area contributed by atoms with Crippen molar-refractivity contribution in [3.63, 3.8) is 0 Å². The van der Waals surface area contributed by atoms with Crippen LogP contribution in [-0.4, -0.2) is 20.8 Å². The van der Waals surface area contributed by atoms with Crippen LogP contribution in [0.3, 0.4) is 0 Å². The fourth-order valence-corrected chi connectivity index (χ4v) is 2.11. The highest BCUT2D eigenvalue weighted by molar-refractivity contribution is 9.10. The van der Waals surface area contributed by atoms with Crippen LogP contribution in [0.15, 0.2) is 6.20 Å². The molecule has 1 atom stereocenters. The molecular formula is C9H11BrN2O. The van der Waals surface area contributed by atoms with Gasteiger partial charge in [0.25, 0.3) is 0 Å². The van der Waals surface area contributed by atoms with E-state index in [2.05, 4.69) is 40.0 Å². The molecule has 0 spiro atoms. The second kappa shape index (κ2) is 2.67. The SMILES string of the molecule is CC1(C)Cc2[nH]ncc2C(=O)C1Br. The van der Waals surface area contributed by atoms with E-state index in [0.717, 1.165) is 17.7 Å². The summed E-state index contributed by atoms with van der Waals surface area (Å²) in [5.41, 5.74) is 1.67. The molecule has 0 saturated heterocycles. The number of Topliss-reactive ketones (excluding diaryl/α,β-unsaturated/α-hetero) is 1. The average Bonchev–Trinajstić information content (AvgIpc) is 2.47. The summed E-state index contributed by atoms with van der Waals surface area (Å²) in [5.74, 6) is 0.139. The van der Waals surface area contributed by atoms with Crippen molar-refractivity contribution in [1.82, 2.24) is 10.2 Å². The van der Waals surface area contributed by atoms with Crippen molar-refractivity contribution in [3.8, 4) is 0 Å². The Bertz CT molecular complexity index is 356. The van der Waals surface area contributed by atoms with Gasteiger partial charge in [-0.3, -0.25) is 9.89 Å². The molecule has 0 aromatic carbocycles. The fourth-order valence-electron chi connectivity index (χ4n) is 1.70. The maximum atomic E-state index is 11.8. The number of aromatic amines is 1. The molecule has 1 aliphatic rings. The molecule has 70 valence electrons. The van der Waals surface area contributed by atoms with Crippen LogP contribution in [-0.2, 0) is 6.42 Å². The summed E-state index contributed by atoms with van der Waals surface area (Å²) in [6, 6.07) is 0. The molecule has 0 aliphatic heterocycles. The Morgan fingerprint density at radius 3 is 3.08 bits per heavy atom. The number of rotatable bonds is 0. The maximum Gasteiger partial charge on any atom is 0.180 e. The molecule has 1 aromatic rings. The molecule has 0 saturated carbocycles. The Morgan fingerprint density at radius 1 is 1.69 bits per heavy atom. The molecule has 1 N–H and O–H groups in total. The predicted molar refractivity (Wildman–Crippen MR) is 53.1 cm³/mol. The highest BCUT2D eigenvalue weighted by Crippen LogP contribution is 2.38. The molecule has 1 aliphatic carbocycles. The average molecular weight is 243 g/mol. The number of H-pyrrole nitrogens is 1. The summed E-state index contributed by atoms with van der Waals surface area (Å²) in [6.07, 6.45) is 2.48. The van der Waals surface area contributed by atoms with Crippen LogP contribution < -0.4 is 0 Å². The number of nitrogens with zero attached hydrogens (tertiary/aromatic N) is 1. The van der Waals surface area contributed by atoms with Gasteiger partial charge in [0.1, 0.15) is 0 Å². The van der Waals surface area contributed by atoms with Crippen molar-refractivity contribution < 1.29 is 4.79 Å². The number of hydrogen-bond acceptors (Lipinski definition) is 2. The smallest absolute Gasteiger partial charge is 0.180 e. The highest BCUT2D eigenvalue weighted by atomic mass is 79.9. The van der Waals surface area contributed by atoms with Gasteiger partial charge in [-0.1, -0.05) is 29.8 Å². The topological polar surface area (TPSA) is 45.8 Å². The van der Waals surface area contributed by atoms with E-state index in [1.807, 2.05) is 0 Å². The largest absolute Gasteiger partial charge is 0.293 e. The second-order valence-corrected chi connectivity index (χ2v) is 5.07. The van der Waals surface area contributed by atoms with E-state index in [1.165, 1.54) is 0 Å². The normalized spacial score (nSPS) is 25.8. The summed E-state index contributed by atoms with van der Waals surface area (Å²) in [5, 5.41) is 6.76. The Balaban J connectivity index is 2.51. The van der Waals surface area contributed by atoms with E-state index in [4.69, 9.17) is 0 Å². The lowest BCUT2D eigenvalue weighted by Gasteiger charge is -2.32. The number of hydrogen-bond donors (Lipinski definition) is 1. The molecule has 2 rings (SSSR count). The van der Waals surface area contributed by atoms with Crippen molar-refractivity contribution in [3.05, 3.63) is 17.5 Å². The number of alkyl halides is 1. The van der Waals surface area contributed by atoms with Gasteiger partial charge in [-0.05, 0) is 11.8 Å². The molecule has 0 radical (unpaired) electrons. The first-order valence-electron chi connectivity index (χ1n) is 4.23. The summed E-state index contributed by atoms with van der Waals surface area (Å²) in [6.45, 7) is 4.15. The van der Waals surface area contributed by atoms with Gasteiger partial charge < -0.3 is 0 Å². The summed E-state index contributed by atoms with van der Waals surface area (Å²) >= 11 is 3.44. The standard InChI is InChI=1S/C9H11BrN2O/c1-9(2)3-6-5(4-11-12-6)7(13)8(9)10/h4,8H,3H2,1-2H3,(H,11,12). The monoisotopic (exact) mass is 242 g/mol. The van der Waals surface area contributed by atoms with E-state index < -0.39 is 0 Å². The van der Waals surface area contributed by atoms with Crippen LogP contribution in [0, 0.1) is 5.41 Å². The lowest BCUT2D eigenvalue weighted by molar-refractivity contribution is 0.0928. The van der Waals surface area contributed by atoms with Gasteiger partial charge in [-0.25, -0.2) is 0 Å². The van der Waals surface area contributed by atoms with Gasteiger partial charge >= 0.3 is 0 Å². The molecule has 13 heavy (non-hydrogen) atoms. The number of aromatic nitrogens is 2. The Morgan fingerprint density at radius 2 is 2.38 bits per heavy atom. The van der Waals surface area contributed by atoms with Crippen LogP contribution in [0.4, 0.5) is 0 Å². The lowest BCUT2D eigenvalue weighted by Crippen LogP contribution is -2.38. The summed E-state index contributed by atoms with van der Waals surface area (Å²) in [4.78, 5) is 11.7. The quantitative estimate of drug-likeness (QED) is 0.707. The minimum absolute atomic E-state index is 0.0311. The molecule has 1 aromatic heterocycles. The molecule has 0 bridgehead atoms. The third kappa shape index (κ3) is 1.24. The van der Waals surface area contributed by atoms with Crippen LogP contribution in [0.2, 0.25) is 0 Å². The zero-order chi connectivity index (χ0) is 9.64. The zero-order valence-corrected chi connectivity index (χ0v) is 9.18. The molecule has 0 amide bonds. The zero-order valence-electron chi connectivity index (χ0n) is 7.60. The van der Waals surface area contributed by atoms with Crippen molar-refractivity contribution in [1.29, 1.82) is 0 Å². The van der Waals surface area contributed by atoms with Crippen LogP contribution in [0.25, 0.3) is 0 Å². The van der Waals surface area contributed by atoms with Crippen molar-refractivity contribution in [2.45, 2.75) is 25.1 Å². The summed E-state index contributed by atoms with van der Waals surface area (Å²) in [7, 11) is 0. The second-order valence-electron chi connectivity index (χ2n) is 4.15. The molecule has 3 nitrogen and oxygen atoms in total. The predicted octanol–water partition coefficient (Wildman–Crippen LogP) is 1.94.